The summed E-state index contributed by atoms with van der Waals surface area (Å²) in [6, 6.07) is 2.91. The largest absolute Gasteiger partial charge is 0.493 e. The van der Waals surface area contributed by atoms with Crippen molar-refractivity contribution in [2.45, 2.75) is 13.2 Å². The maximum Gasteiger partial charge on any atom is 0.344 e. The van der Waals surface area contributed by atoms with Crippen LogP contribution >= 0.6 is 0 Å². The predicted octanol–water partition coefficient (Wildman–Crippen LogP) is 1.19. The van der Waals surface area contributed by atoms with E-state index in [-0.39, 0.29) is 5.56 Å². The molecule has 0 saturated carbocycles. The van der Waals surface area contributed by atoms with E-state index in [2.05, 4.69) is 10.6 Å². The highest BCUT2D eigenvalue weighted by molar-refractivity contribution is 5.98. The fourth-order valence-electron chi connectivity index (χ4n) is 2.04. The van der Waals surface area contributed by atoms with Crippen molar-refractivity contribution in [3.63, 3.8) is 0 Å². The molecule has 0 aliphatic carbocycles. The van der Waals surface area contributed by atoms with Crippen LogP contribution in [0.25, 0.3) is 0 Å². The molecule has 0 saturated heterocycles. The molecule has 2 N–H and O–H groups in total. The maximum absolute atomic E-state index is 11.9. The molecule has 108 valence electrons. The highest BCUT2D eigenvalue weighted by atomic mass is 16.6. The first-order valence-corrected chi connectivity index (χ1v) is 6.12. The Labute approximate surface area is 116 Å². The molecule has 2 rings (SSSR count). The summed E-state index contributed by atoms with van der Waals surface area (Å²) >= 11 is 0. The first-order valence-electron chi connectivity index (χ1n) is 6.12. The molecule has 2 amide bonds. The molecule has 0 spiro atoms. The minimum atomic E-state index is -0.830. The Hall–Kier alpha value is -2.44. The van der Waals surface area contributed by atoms with Crippen molar-refractivity contribution in [1.82, 2.24) is 10.6 Å². The Morgan fingerprint density at radius 2 is 2.10 bits per heavy atom. The van der Waals surface area contributed by atoms with E-state index in [1.807, 2.05) is 0 Å². The van der Waals surface area contributed by atoms with Gasteiger partial charge in [0, 0.05) is 12.1 Å². The zero-order valence-corrected chi connectivity index (χ0v) is 11.5. The van der Waals surface area contributed by atoms with Gasteiger partial charge in [-0.05, 0) is 19.1 Å². The number of amides is 2. The Bertz CT molecular complexity index is 544. The molecule has 1 aliphatic heterocycles. The number of esters is 1. The quantitative estimate of drug-likeness (QED) is 0.809. The zero-order valence-electron chi connectivity index (χ0n) is 11.5. The summed E-state index contributed by atoms with van der Waals surface area (Å²) in [5.74, 6) is 0.176. The number of hydrogen-bond donors (Lipinski definition) is 2. The van der Waals surface area contributed by atoms with Gasteiger partial charge in [0.25, 0.3) is 0 Å². The number of cyclic esters (lactones) is 1. The highest BCUT2D eigenvalue weighted by Crippen LogP contribution is 2.40. The normalized spacial score (nSPS) is 16.1. The SMILES string of the molecule is CCNC(=O)N[C@H]1OC(=O)c2c1ccc(OC)c2OC. The Kier molecular flexibility index (Phi) is 3.97. The minimum Gasteiger partial charge on any atom is -0.493 e. The van der Waals surface area contributed by atoms with Gasteiger partial charge in [-0.15, -0.1) is 0 Å². The smallest absolute Gasteiger partial charge is 0.344 e. The van der Waals surface area contributed by atoms with E-state index < -0.39 is 18.2 Å². The first-order chi connectivity index (χ1) is 9.62. The van der Waals surface area contributed by atoms with Crippen molar-refractivity contribution < 1.29 is 23.8 Å². The lowest BCUT2D eigenvalue weighted by atomic mass is 10.1. The Morgan fingerprint density at radius 3 is 2.70 bits per heavy atom. The number of nitrogens with one attached hydrogen (secondary N) is 2. The van der Waals surface area contributed by atoms with Gasteiger partial charge in [0.05, 0.1) is 14.2 Å². The van der Waals surface area contributed by atoms with Crippen LogP contribution in [0.15, 0.2) is 12.1 Å². The number of carbonyl (C=O) groups is 2. The van der Waals surface area contributed by atoms with Crippen LogP contribution in [-0.4, -0.2) is 32.8 Å². The van der Waals surface area contributed by atoms with Crippen LogP contribution < -0.4 is 20.1 Å². The van der Waals surface area contributed by atoms with Crippen molar-refractivity contribution in [2.24, 2.45) is 0 Å². The third-order valence-corrected chi connectivity index (χ3v) is 2.89. The fourth-order valence-corrected chi connectivity index (χ4v) is 2.04. The van der Waals surface area contributed by atoms with E-state index >= 15 is 0 Å². The molecule has 1 aromatic carbocycles. The van der Waals surface area contributed by atoms with Gasteiger partial charge in [0.2, 0.25) is 6.23 Å². The standard InChI is InChI=1S/C13H16N2O5/c1-4-14-13(17)15-11-7-5-6-8(18-2)10(19-3)9(7)12(16)20-11/h5-6,11H,4H2,1-3H3,(H2,14,15,17)/t11-/m0/s1. The van der Waals surface area contributed by atoms with Crippen LogP contribution in [-0.2, 0) is 4.74 Å². The number of carbonyl (C=O) groups excluding carboxylic acids is 2. The Morgan fingerprint density at radius 1 is 1.35 bits per heavy atom. The van der Waals surface area contributed by atoms with Gasteiger partial charge in [-0.1, -0.05) is 0 Å². The topological polar surface area (TPSA) is 85.9 Å². The lowest BCUT2D eigenvalue weighted by molar-refractivity contribution is 0.0336. The molecule has 1 aliphatic rings. The summed E-state index contributed by atoms with van der Waals surface area (Å²) in [6.45, 7) is 2.27. The maximum atomic E-state index is 11.9. The van der Waals surface area contributed by atoms with Crippen molar-refractivity contribution in [1.29, 1.82) is 0 Å². The van der Waals surface area contributed by atoms with E-state index in [0.29, 0.717) is 23.6 Å². The molecule has 7 heteroatoms. The van der Waals surface area contributed by atoms with Crippen molar-refractivity contribution in [2.75, 3.05) is 20.8 Å². The third kappa shape index (κ3) is 2.34. The first kappa shape index (κ1) is 14.0. The van der Waals surface area contributed by atoms with Crippen molar-refractivity contribution >= 4 is 12.0 Å². The van der Waals surface area contributed by atoms with Crippen LogP contribution in [0.4, 0.5) is 4.79 Å². The van der Waals surface area contributed by atoms with Crippen LogP contribution in [0.1, 0.15) is 29.1 Å². The van der Waals surface area contributed by atoms with Crippen LogP contribution in [0.5, 0.6) is 11.5 Å². The van der Waals surface area contributed by atoms with Gasteiger partial charge in [-0.3, -0.25) is 5.32 Å². The summed E-state index contributed by atoms with van der Waals surface area (Å²) in [5, 5.41) is 5.14. The summed E-state index contributed by atoms with van der Waals surface area (Å²) in [7, 11) is 2.92. The summed E-state index contributed by atoms with van der Waals surface area (Å²) < 4.78 is 15.5. The lowest BCUT2D eigenvalue weighted by Crippen LogP contribution is -2.37. The summed E-state index contributed by atoms with van der Waals surface area (Å²) in [6.07, 6.45) is -0.830. The molecule has 0 unspecified atom stereocenters. The highest BCUT2D eigenvalue weighted by Gasteiger charge is 2.36. The molecule has 0 bridgehead atoms. The number of ether oxygens (including phenoxy) is 3. The summed E-state index contributed by atoms with van der Waals surface area (Å²) in [5.41, 5.74) is 0.813. The lowest BCUT2D eigenvalue weighted by Gasteiger charge is -2.14. The number of fused-ring (bicyclic) bond motifs is 1. The number of hydrogen-bond acceptors (Lipinski definition) is 5. The van der Waals surface area contributed by atoms with Gasteiger partial charge in [-0.2, -0.15) is 0 Å². The van der Waals surface area contributed by atoms with Crippen LogP contribution in [0.2, 0.25) is 0 Å². The molecule has 0 radical (unpaired) electrons. The molecular weight excluding hydrogens is 264 g/mol. The molecule has 1 heterocycles. The van der Waals surface area contributed by atoms with Gasteiger partial charge in [0.15, 0.2) is 11.5 Å². The molecule has 0 fully saturated rings. The zero-order chi connectivity index (χ0) is 14.7. The van der Waals surface area contributed by atoms with Crippen molar-refractivity contribution in [3.8, 4) is 11.5 Å². The van der Waals surface area contributed by atoms with Gasteiger partial charge < -0.3 is 19.5 Å². The van der Waals surface area contributed by atoms with E-state index in [1.54, 1.807) is 19.1 Å². The minimum absolute atomic E-state index is 0.272. The van der Waals surface area contributed by atoms with Gasteiger partial charge in [0.1, 0.15) is 5.56 Å². The second-order valence-electron chi connectivity index (χ2n) is 4.05. The molecule has 7 nitrogen and oxygen atoms in total. The predicted molar refractivity (Wildman–Crippen MR) is 69.9 cm³/mol. The van der Waals surface area contributed by atoms with Crippen LogP contribution in [0, 0.1) is 0 Å². The number of urea groups is 1. The average molecular weight is 280 g/mol. The fraction of sp³-hybridized carbons (Fsp3) is 0.385. The molecular formula is C13H16N2O5. The van der Waals surface area contributed by atoms with E-state index in [1.165, 1.54) is 14.2 Å². The second kappa shape index (κ2) is 5.68. The van der Waals surface area contributed by atoms with Crippen molar-refractivity contribution in [3.05, 3.63) is 23.3 Å². The van der Waals surface area contributed by atoms with E-state index in [9.17, 15) is 9.59 Å². The summed E-state index contributed by atoms with van der Waals surface area (Å²) in [4.78, 5) is 23.5. The average Bonchev–Trinajstić information content (AvgIpc) is 2.74. The number of benzene rings is 1. The molecule has 1 aromatic rings. The second-order valence-corrected chi connectivity index (χ2v) is 4.05. The van der Waals surface area contributed by atoms with Gasteiger partial charge in [-0.25, -0.2) is 9.59 Å². The Balaban J connectivity index is 2.34. The number of rotatable bonds is 4. The monoisotopic (exact) mass is 280 g/mol. The molecule has 20 heavy (non-hydrogen) atoms. The van der Waals surface area contributed by atoms with Crippen LogP contribution in [0.3, 0.4) is 0 Å². The third-order valence-electron chi connectivity index (χ3n) is 2.89. The van der Waals surface area contributed by atoms with E-state index in [0.717, 1.165) is 0 Å². The molecule has 1 atom stereocenters. The number of methoxy groups -OCH3 is 2. The molecule has 0 aromatic heterocycles. The van der Waals surface area contributed by atoms with E-state index in [4.69, 9.17) is 14.2 Å². The van der Waals surface area contributed by atoms with Gasteiger partial charge >= 0.3 is 12.0 Å².